The third-order valence-electron chi connectivity index (χ3n) is 0.957. The van der Waals surface area contributed by atoms with Crippen LogP contribution in [0, 0.1) is 0 Å². The predicted octanol–water partition coefficient (Wildman–Crippen LogP) is 2.16. The fraction of sp³-hybridized carbons (Fsp3) is 0.857. The molecule has 0 aliphatic heterocycles. The summed E-state index contributed by atoms with van der Waals surface area (Å²) in [7, 11) is 0. The minimum atomic E-state index is -1.83. The number of hydrogen-bond acceptors (Lipinski definition) is 1. The monoisotopic (exact) mass is 172 g/mol. The number of carbonyl (C=O) groups is 1. The molecule has 11 heavy (non-hydrogen) atoms. The van der Waals surface area contributed by atoms with Crippen molar-refractivity contribution >= 4 is 35.7 Å². The Hall–Kier alpha value is 0.270. The maximum atomic E-state index is 8.56. The van der Waals surface area contributed by atoms with Crippen LogP contribution in [0.15, 0.2) is 0 Å². The molecule has 0 unspecified atom stereocenters. The van der Waals surface area contributed by atoms with Crippen molar-refractivity contribution in [1.29, 1.82) is 0 Å². The van der Waals surface area contributed by atoms with Crippen molar-refractivity contribution in [3.8, 4) is 0 Å². The van der Waals surface area contributed by atoms with Crippen LogP contribution in [0.5, 0.6) is 0 Å². The van der Waals surface area contributed by atoms with Gasteiger partial charge in [0.2, 0.25) is 0 Å². The molecule has 0 spiro atoms. The molecule has 0 radical (unpaired) electrons. The molecular formula is C7H17NaO3. The van der Waals surface area contributed by atoms with Crippen molar-refractivity contribution < 1.29 is 15.0 Å². The average Bonchev–Trinajstić information content (AvgIpc) is 1.82. The normalized spacial score (nSPS) is 7.09. The molecule has 0 aromatic rings. The molecule has 0 atom stereocenters. The van der Waals surface area contributed by atoms with Crippen LogP contribution >= 0.6 is 0 Å². The zero-order chi connectivity index (χ0) is 8.41. The van der Waals surface area contributed by atoms with Crippen molar-refractivity contribution in [2.75, 3.05) is 0 Å². The summed E-state index contributed by atoms with van der Waals surface area (Å²) in [6, 6.07) is 0. The Morgan fingerprint density at radius 1 is 1.09 bits per heavy atom. The summed E-state index contributed by atoms with van der Waals surface area (Å²) >= 11 is 0. The number of unbranched alkanes of at least 4 members (excludes halogenated alkanes) is 3. The zero-order valence-electron chi connectivity index (χ0n) is 6.63. The van der Waals surface area contributed by atoms with E-state index in [1.54, 1.807) is 0 Å². The van der Waals surface area contributed by atoms with E-state index < -0.39 is 6.16 Å². The first-order valence-corrected chi connectivity index (χ1v) is 3.57. The maximum absolute atomic E-state index is 8.56. The van der Waals surface area contributed by atoms with Gasteiger partial charge in [-0.3, -0.25) is 0 Å². The molecule has 0 fully saturated rings. The predicted molar refractivity (Wildman–Crippen MR) is 47.6 cm³/mol. The van der Waals surface area contributed by atoms with Crippen molar-refractivity contribution in [2.45, 2.75) is 39.5 Å². The molecule has 0 saturated heterocycles. The summed E-state index contributed by atoms with van der Waals surface area (Å²) in [5.41, 5.74) is 0. The Morgan fingerprint density at radius 3 is 1.36 bits per heavy atom. The zero-order valence-corrected chi connectivity index (χ0v) is 6.63. The van der Waals surface area contributed by atoms with Crippen LogP contribution in [0.25, 0.3) is 0 Å². The summed E-state index contributed by atoms with van der Waals surface area (Å²) in [6.45, 7) is 4.46. The molecule has 0 amide bonds. The van der Waals surface area contributed by atoms with Crippen molar-refractivity contribution in [1.82, 2.24) is 0 Å². The van der Waals surface area contributed by atoms with E-state index in [1.807, 2.05) is 0 Å². The quantitative estimate of drug-likeness (QED) is 0.506. The molecule has 0 heterocycles. The van der Waals surface area contributed by atoms with Gasteiger partial charge in [-0.2, -0.15) is 0 Å². The van der Waals surface area contributed by atoms with E-state index in [0.717, 1.165) is 0 Å². The van der Waals surface area contributed by atoms with E-state index in [2.05, 4.69) is 13.8 Å². The topological polar surface area (TPSA) is 57.5 Å². The van der Waals surface area contributed by atoms with Crippen molar-refractivity contribution in [3.63, 3.8) is 0 Å². The number of rotatable bonds is 3. The van der Waals surface area contributed by atoms with Gasteiger partial charge in [-0.05, 0) is 0 Å². The molecule has 0 aromatic carbocycles. The van der Waals surface area contributed by atoms with Crippen LogP contribution in [0.1, 0.15) is 39.5 Å². The second kappa shape index (κ2) is 16.7. The molecule has 0 bridgehead atoms. The van der Waals surface area contributed by atoms with E-state index in [4.69, 9.17) is 15.0 Å². The fourth-order valence-electron chi connectivity index (χ4n) is 0.500. The van der Waals surface area contributed by atoms with Gasteiger partial charge in [0.25, 0.3) is 0 Å². The molecule has 3 nitrogen and oxygen atoms in total. The first-order chi connectivity index (χ1) is 4.65. The van der Waals surface area contributed by atoms with Crippen molar-refractivity contribution in [2.24, 2.45) is 0 Å². The molecule has 0 rings (SSSR count). The number of hydrogen-bond donors (Lipinski definition) is 2. The second-order valence-corrected chi connectivity index (χ2v) is 1.99. The Kier molecular flexibility index (Phi) is 26.4. The van der Waals surface area contributed by atoms with Gasteiger partial charge in [0, 0.05) is 0 Å². The van der Waals surface area contributed by atoms with Crippen LogP contribution in [0.4, 0.5) is 4.79 Å². The van der Waals surface area contributed by atoms with E-state index >= 15 is 0 Å². The van der Waals surface area contributed by atoms with Gasteiger partial charge in [-0.1, -0.05) is 39.5 Å². The SMILES string of the molecule is CCCCCC.O=C(O)O.[NaH]. The molecule has 0 aromatic heterocycles. The number of carboxylic acid groups (broad SMARTS) is 2. The van der Waals surface area contributed by atoms with Crippen LogP contribution in [0.2, 0.25) is 0 Å². The second-order valence-electron chi connectivity index (χ2n) is 1.99. The summed E-state index contributed by atoms with van der Waals surface area (Å²) in [5.74, 6) is 0. The van der Waals surface area contributed by atoms with Gasteiger partial charge >= 0.3 is 35.7 Å². The van der Waals surface area contributed by atoms with E-state index in [-0.39, 0.29) is 29.6 Å². The van der Waals surface area contributed by atoms with Gasteiger partial charge in [0.1, 0.15) is 0 Å². The standard InChI is InChI=1S/C6H14.CH2O3.Na.H/c1-3-5-6-4-2;2-1(3)4;;/h3-6H2,1-2H3;(H2,2,3,4);;. The fourth-order valence-corrected chi connectivity index (χ4v) is 0.500. The third kappa shape index (κ3) is 65.7. The van der Waals surface area contributed by atoms with Gasteiger partial charge in [0.15, 0.2) is 0 Å². The summed E-state index contributed by atoms with van der Waals surface area (Å²) in [5, 5.41) is 13.9. The van der Waals surface area contributed by atoms with Gasteiger partial charge < -0.3 is 10.2 Å². The Bertz CT molecular complexity index is 68.1. The van der Waals surface area contributed by atoms with Gasteiger partial charge in [-0.15, -0.1) is 0 Å². The molecule has 0 aliphatic carbocycles. The van der Waals surface area contributed by atoms with Crippen LogP contribution in [-0.4, -0.2) is 45.9 Å². The molecular weight excluding hydrogens is 155 g/mol. The first kappa shape index (κ1) is 17.4. The van der Waals surface area contributed by atoms with E-state index in [0.29, 0.717) is 0 Å². The first-order valence-electron chi connectivity index (χ1n) is 3.57. The minimum absolute atomic E-state index is 0. The molecule has 4 heteroatoms. The van der Waals surface area contributed by atoms with Crippen LogP contribution in [0.3, 0.4) is 0 Å². The van der Waals surface area contributed by atoms with Gasteiger partial charge in [0.05, 0.1) is 0 Å². The van der Waals surface area contributed by atoms with Crippen LogP contribution in [-0.2, 0) is 0 Å². The molecule has 0 aliphatic rings. The van der Waals surface area contributed by atoms with Crippen LogP contribution < -0.4 is 0 Å². The van der Waals surface area contributed by atoms with Crippen molar-refractivity contribution in [3.05, 3.63) is 0 Å². The summed E-state index contributed by atoms with van der Waals surface area (Å²) in [6.07, 6.45) is 3.70. The molecule has 0 saturated carbocycles. The Balaban J connectivity index is -0.000000114. The average molecular weight is 172 g/mol. The Labute approximate surface area is 90.1 Å². The Morgan fingerprint density at radius 2 is 1.27 bits per heavy atom. The molecule has 64 valence electrons. The van der Waals surface area contributed by atoms with Gasteiger partial charge in [-0.25, -0.2) is 4.79 Å². The summed E-state index contributed by atoms with van der Waals surface area (Å²) < 4.78 is 0. The summed E-state index contributed by atoms with van der Waals surface area (Å²) in [4.78, 5) is 8.56. The van der Waals surface area contributed by atoms with E-state index in [9.17, 15) is 0 Å². The van der Waals surface area contributed by atoms with E-state index in [1.165, 1.54) is 25.7 Å². The molecule has 2 N–H and O–H groups in total. The third-order valence-corrected chi connectivity index (χ3v) is 0.957.